The molecule has 0 atom stereocenters. The summed E-state index contributed by atoms with van der Waals surface area (Å²) in [4.78, 5) is 33.4. The SMILES string of the molecule is O=C(/C=C/c1cccc2cccnc12)c1ccc2[nH]c(=O)[nH]c2c1. The lowest BCUT2D eigenvalue weighted by molar-refractivity contribution is 0.104. The van der Waals surface area contributed by atoms with Gasteiger partial charge in [0.1, 0.15) is 0 Å². The molecule has 0 aliphatic heterocycles. The summed E-state index contributed by atoms with van der Waals surface area (Å²) in [5, 5.41) is 1.03. The van der Waals surface area contributed by atoms with Crippen molar-refractivity contribution in [3.05, 3.63) is 82.4 Å². The van der Waals surface area contributed by atoms with Crippen LogP contribution in [0, 0.1) is 0 Å². The van der Waals surface area contributed by atoms with Crippen LogP contribution in [0.4, 0.5) is 0 Å². The number of imidazole rings is 1. The van der Waals surface area contributed by atoms with Gasteiger partial charge in [0.25, 0.3) is 0 Å². The number of carbonyl (C=O) groups is 1. The van der Waals surface area contributed by atoms with Crippen LogP contribution >= 0.6 is 0 Å². The second-order valence-corrected chi connectivity index (χ2v) is 5.46. The number of benzene rings is 2. The Morgan fingerprint density at radius 3 is 2.75 bits per heavy atom. The summed E-state index contributed by atoms with van der Waals surface area (Å²) in [6.45, 7) is 0. The Morgan fingerprint density at radius 1 is 1.00 bits per heavy atom. The summed E-state index contributed by atoms with van der Waals surface area (Å²) in [5.41, 5.74) is 3.27. The molecule has 116 valence electrons. The first-order valence-corrected chi connectivity index (χ1v) is 7.49. The van der Waals surface area contributed by atoms with Crippen LogP contribution in [-0.2, 0) is 0 Å². The number of fused-ring (bicyclic) bond motifs is 2. The molecule has 0 radical (unpaired) electrons. The van der Waals surface area contributed by atoms with Gasteiger partial charge in [0.15, 0.2) is 5.78 Å². The number of hydrogen-bond donors (Lipinski definition) is 2. The molecule has 4 rings (SSSR count). The Bertz CT molecular complexity index is 1150. The van der Waals surface area contributed by atoms with E-state index in [1.807, 2.05) is 30.3 Å². The maximum absolute atomic E-state index is 12.4. The van der Waals surface area contributed by atoms with Gasteiger partial charge in [-0.15, -0.1) is 0 Å². The quantitative estimate of drug-likeness (QED) is 0.450. The van der Waals surface area contributed by atoms with E-state index in [1.165, 1.54) is 6.08 Å². The van der Waals surface area contributed by atoms with E-state index >= 15 is 0 Å². The first-order valence-electron chi connectivity index (χ1n) is 7.49. The van der Waals surface area contributed by atoms with Crippen molar-refractivity contribution in [3.63, 3.8) is 0 Å². The van der Waals surface area contributed by atoms with E-state index in [9.17, 15) is 9.59 Å². The van der Waals surface area contributed by atoms with Gasteiger partial charge in [0, 0.05) is 22.7 Å². The van der Waals surface area contributed by atoms with Crippen LogP contribution in [0.5, 0.6) is 0 Å². The number of pyridine rings is 1. The number of H-pyrrole nitrogens is 2. The zero-order valence-electron chi connectivity index (χ0n) is 12.6. The van der Waals surface area contributed by atoms with Crippen molar-refractivity contribution in [1.82, 2.24) is 15.0 Å². The molecular formula is C19H13N3O2. The van der Waals surface area contributed by atoms with Gasteiger partial charge in [0.2, 0.25) is 0 Å². The number of nitrogens with zero attached hydrogens (tertiary/aromatic N) is 1. The molecule has 0 saturated heterocycles. The van der Waals surface area contributed by atoms with Gasteiger partial charge >= 0.3 is 5.69 Å². The van der Waals surface area contributed by atoms with Crippen LogP contribution in [0.2, 0.25) is 0 Å². The molecule has 5 nitrogen and oxygen atoms in total. The number of aromatic amines is 2. The minimum atomic E-state index is -0.285. The maximum atomic E-state index is 12.4. The van der Waals surface area contributed by atoms with Crippen molar-refractivity contribution < 1.29 is 4.79 Å². The third-order valence-corrected chi connectivity index (χ3v) is 3.88. The van der Waals surface area contributed by atoms with Crippen LogP contribution in [0.1, 0.15) is 15.9 Å². The standard InChI is InChI=1S/C19H13N3O2/c23-17(14-6-8-15-16(11-14)22-19(24)21-15)9-7-13-4-1-3-12-5-2-10-20-18(12)13/h1-11H,(H2,21,22,24)/b9-7+. The number of ketones is 1. The third kappa shape index (κ3) is 2.52. The number of aromatic nitrogens is 3. The molecule has 2 aromatic carbocycles. The number of carbonyl (C=O) groups excluding carboxylic acids is 1. The van der Waals surface area contributed by atoms with E-state index in [1.54, 1.807) is 30.5 Å². The van der Waals surface area contributed by atoms with E-state index in [-0.39, 0.29) is 11.5 Å². The van der Waals surface area contributed by atoms with Crippen molar-refractivity contribution in [2.45, 2.75) is 0 Å². The van der Waals surface area contributed by atoms with Gasteiger partial charge in [-0.2, -0.15) is 0 Å². The molecule has 0 aliphatic rings. The summed E-state index contributed by atoms with van der Waals surface area (Å²) >= 11 is 0. The Kier molecular flexibility index (Phi) is 3.31. The van der Waals surface area contributed by atoms with Crippen molar-refractivity contribution in [2.75, 3.05) is 0 Å². The van der Waals surface area contributed by atoms with Crippen LogP contribution < -0.4 is 5.69 Å². The van der Waals surface area contributed by atoms with Crippen LogP contribution in [0.25, 0.3) is 28.0 Å². The van der Waals surface area contributed by atoms with E-state index in [0.717, 1.165) is 16.5 Å². The average molecular weight is 315 g/mol. The molecule has 5 heteroatoms. The normalized spacial score (nSPS) is 11.5. The van der Waals surface area contributed by atoms with Crippen LogP contribution in [-0.4, -0.2) is 20.7 Å². The number of hydrogen-bond acceptors (Lipinski definition) is 3. The van der Waals surface area contributed by atoms with Crippen LogP contribution in [0.3, 0.4) is 0 Å². The van der Waals surface area contributed by atoms with E-state index in [0.29, 0.717) is 16.6 Å². The second-order valence-electron chi connectivity index (χ2n) is 5.46. The van der Waals surface area contributed by atoms with Crippen molar-refractivity contribution in [1.29, 1.82) is 0 Å². The molecule has 2 N–H and O–H groups in total. The fraction of sp³-hybridized carbons (Fsp3) is 0. The van der Waals surface area contributed by atoms with Gasteiger partial charge in [-0.05, 0) is 36.4 Å². The summed E-state index contributed by atoms with van der Waals surface area (Å²) in [7, 11) is 0. The number of allylic oxidation sites excluding steroid dienone is 1. The highest BCUT2D eigenvalue weighted by molar-refractivity contribution is 6.08. The number of rotatable bonds is 3. The molecule has 0 amide bonds. The van der Waals surface area contributed by atoms with Gasteiger partial charge in [-0.25, -0.2) is 4.79 Å². The van der Waals surface area contributed by atoms with Crippen LogP contribution in [0.15, 0.2) is 65.6 Å². The summed E-state index contributed by atoms with van der Waals surface area (Å²) in [6, 6.07) is 14.8. The molecular weight excluding hydrogens is 302 g/mol. The monoisotopic (exact) mass is 315 g/mol. The lowest BCUT2D eigenvalue weighted by atomic mass is 10.1. The van der Waals surface area contributed by atoms with Crippen molar-refractivity contribution in [2.24, 2.45) is 0 Å². The zero-order valence-corrected chi connectivity index (χ0v) is 12.6. The first kappa shape index (κ1) is 14.1. The molecule has 4 aromatic rings. The number of para-hydroxylation sites is 1. The summed E-state index contributed by atoms with van der Waals surface area (Å²) < 4.78 is 0. The highest BCUT2D eigenvalue weighted by atomic mass is 16.1. The largest absolute Gasteiger partial charge is 0.323 e. The molecule has 2 heterocycles. The predicted molar refractivity (Wildman–Crippen MR) is 94.0 cm³/mol. The minimum absolute atomic E-state index is 0.133. The Balaban J connectivity index is 1.68. The van der Waals surface area contributed by atoms with Gasteiger partial charge in [0.05, 0.1) is 16.6 Å². The molecule has 0 saturated carbocycles. The second kappa shape index (κ2) is 5.62. The van der Waals surface area contributed by atoms with Crippen molar-refractivity contribution >= 4 is 33.8 Å². The smallest absolute Gasteiger partial charge is 0.306 e. The van der Waals surface area contributed by atoms with Gasteiger partial charge < -0.3 is 9.97 Å². The van der Waals surface area contributed by atoms with Gasteiger partial charge in [-0.1, -0.05) is 24.3 Å². The van der Waals surface area contributed by atoms with E-state index in [4.69, 9.17) is 0 Å². The first-order chi connectivity index (χ1) is 11.7. The molecule has 2 aromatic heterocycles. The Hall–Kier alpha value is -3.47. The molecule has 0 unspecified atom stereocenters. The highest BCUT2D eigenvalue weighted by Gasteiger charge is 2.06. The van der Waals surface area contributed by atoms with Gasteiger partial charge in [-0.3, -0.25) is 9.78 Å². The Morgan fingerprint density at radius 2 is 1.83 bits per heavy atom. The molecule has 0 spiro atoms. The third-order valence-electron chi connectivity index (χ3n) is 3.88. The molecule has 24 heavy (non-hydrogen) atoms. The fourth-order valence-corrected chi connectivity index (χ4v) is 2.71. The predicted octanol–water partition coefficient (Wildman–Crippen LogP) is 3.30. The van der Waals surface area contributed by atoms with E-state index in [2.05, 4.69) is 15.0 Å². The zero-order chi connectivity index (χ0) is 16.5. The molecule has 0 fully saturated rings. The topological polar surface area (TPSA) is 78.6 Å². The molecule has 0 bridgehead atoms. The average Bonchev–Trinajstić information content (AvgIpc) is 2.98. The van der Waals surface area contributed by atoms with Crippen molar-refractivity contribution in [3.8, 4) is 0 Å². The minimum Gasteiger partial charge on any atom is -0.306 e. The lowest BCUT2D eigenvalue weighted by Gasteiger charge is -2.00. The lowest BCUT2D eigenvalue weighted by Crippen LogP contribution is -1.99. The fourth-order valence-electron chi connectivity index (χ4n) is 2.71. The number of nitrogens with one attached hydrogen (secondary N) is 2. The highest BCUT2D eigenvalue weighted by Crippen LogP contribution is 2.18. The summed E-state index contributed by atoms with van der Waals surface area (Å²) in [5.74, 6) is -0.133. The summed E-state index contributed by atoms with van der Waals surface area (Å²) in [6.07, 6.45) is 5.02. The maximum Gasteiger partial charge on any atom is 0.323 e. The Labute approximate surface area is 136 Å². The van der Waals surface area contributed by atoms with E-state index < -0.39 is 0 Å². The molecule has 0 aliphatic carbocycles.